The van der Waals surface area contributed by atoms with Gasteiger partial charge in [0.1, 0.15) is 5.71 Å². The van der Waals surface area contributed by atoms with E-state index in [4.69, 9.17) is 12.2 Å². The van der Waals surface area contributed by atoms with Gasteiger partial charge in [0.25, 0.3) is 5.91 Å². The van der Waals surface area contributed by atoms with Crippen LogP contribution in [0.4, 0.5) is 0 Å². The van der Waals surface area contributed by atoms with Crippen molar-refractivity contribution in [2.24, 2.45) is 4.99 Å². The number of hydrazine groups is 1. The van der Waals surface area contributed by atoms with Gasteiger partial charge in [-0.05, 0) is 25.1 Å². The van der Waals surface area contributed by atoms with Gasteiger partial charge < -0.3 is 10.6 Å². The van der Waals surface area contributed by atoms with Crippen LogP contribution in [0.3, 0.4) is 0 Å². The van der Waals surface area contributed by atoms with Crippen molar-refractivity contribution in [3.05, 3.63) is 12.7 Å². The van der Waals surface area contributed by atoms with E-state index in [1.165, 1.54) is 0 Å². The maximum Gasteiger partial charge on any atom is 0.266 e. The number of nitrogens with zero attached hydrogens (tertiary/aromatic N) is 1. The molecule has 2 amide bonds. The predicted octanol–water partition coefficient (Wildman–Crippen LogP) is -0.0602. The monoisotopic (exact) mass is 323 g/mol. The standard InChI is InChI=1S/C14H21N5O2S/c1-2-7-15-14(22)19-18-12(20)8-11-13(21)17-10-6-4-3-5-9(10)16-11/h2,9-10H,1,3-8H2,(H,17,21)(H,18,20)(H2,15,19,22). The SMILES string of the molecule is C=CCNC(=S)NNC(=O)CC1=NC2CCCCC2NC1=O. The number of aliphatic imine (C=N–C) groups is 1. The zero-order valence-electron chi connectivity index (χ0n) is 12.4. The smallest absolute Gasteiger partial charge is 0.266 e. The average molecular weight is 323 g/mol. The zero-order chi connectivity index (χ0) is 15.9. The number of amides is 2. The minimum Gasteiger partial charge on any atom is -0.358 e. The number of fused-ring (bicyclic) bond motifs is 1. The van der Waals surface area contributed by atoms with E-state index in [9.17, 15) is 9.59 Å². The summed E-state index contributed by atoms with van der Waals surface area (Å²) >= 11 is 4.95. The molecular weight excluding hydrogens is 302 g/mol. The van der Waals surface area contributed by atoms with Gasteiger partial charge >= 0.3 is 0 Å². The number of nitrogens with one attached hydrogen (secondary N) is 4. The molecule has 1 heterocycles. The van der Waals surface area contributed by atoms with Crippen molar-refractivity contribution in [1.29, 1.82) is 0 Å². The Kier molecular flexibility index (Phi) is 5.88. The first-order valence-electron chi connectivity index (χ1n) is 7.41. The molecule has 0 aromatic carbocycles. The maximum atomic E-state index is 12.0. The van der Waals surface area contributed by atoms with Crippen molar-refractivity contribution >= 4 is 34.9 Å². The molecule has 0 spiro atoms. The molecule has 1 fully saturated rings. The van der Waals surface area contributed by atoms with Crippen LogP contribution in [0.25, 0.3) is 0 Å². The lowest BCUT2D eigenvalue weighted by Crippen LogP contribution is -2.53. The van der Waals surface area contributed by atoms with Crippen LogP contribution in [0.1, 0.15) is 32.1 Å². The van der Waals surface area contributed by atoms with Gasteiger partial charge in [-0.1, -0.05) is 18.9 Å². The summed E-state index contributed by atoms with van der Waals surface area (Å²) in [7, 11) is 0. The number of carbonyl (C=O) groups excluding carboxylic acids is 2. The fourth-order valence-electron chi connectivity index (χ4n) is 2.60. The summed E-state index contributed by atoms with van der Waals surface area (Å²) in [6.45, 7) is 4.05. The Balaban J connectivity index is 1.82. The molecule has 22 heavy (non-hydrogen) atoms. The molecule has 2 rings (SSSR count). The van der Waals surface area contributed by atoms with Gasteiger partial charge in [0.05, 0.1) is 18.5 Å². The first-order chi connectivity index (χ1) is 10.6. The number of thiocarbonyl (C=S) groups is 1. The van der Waals surface area contributed by atoms with Gasteiger partial charge in [0.15, 0.2) is 5.11 Å². The molecule has 1 saturated carbocycles. The van der Waals surface area contributed by atoms with E-state index in [1.54, 1.807) is 6.08 Å². The van der Waals surface area contributed by atoms with Crippen LogP contribution in [-0.2, 0) is 9.59 Å². The minimum atomic E-state index is -0.356. The molecule has 0 saturated heterocycles. The van der Waals surface area contributed by atoms with E-state index in [-0.39, 0.29) is 41.1 Å². The largest absolute Gasteiger partial charge is 0.358 e. The Morgan fingerprint density at radius 3 is 2.95 bits per heavy atom. The second-order valence-electron chi connectivity index (χ2n) is 5.36. The minimum absolute atomic E-state index is 0.0634. The van der Waals surface area contributed by atoms with Crippen molar-refractivity contribution in [2.45, 2.75) is 44.2 Å². The van der Waals surface area contributed by atoms with Crippen molar-refractivity contribution in [3.63, 3.8) is 0 Å². The zero-order valence-corrected chi connectivity index (χ0v) is 13.2. The highest BCUT2D eigenvalue weighted by atomic mass is 32.1. The molecule has 8 heteroatoms. The quantitative estimate of drug-likeness (QED) is 0.330. The van der Waals surface area contributed by atoms with E-state index in [1.807, 2.05) is 0 Å². The van der Waals surface area contributed by atoms with Crippen LogP contribution in [-0.4, -0.2) is 41.3 Å². The predicted molar refractivity (Wildman–Crippen MR) is 88.3 cm³/mol. The highest BCUT2D eigenvalue weighted by Gasteiger charge is 2.32. The van der Waals surface area contributed by atoms with E-state index >= 15 is 0 Å². The molecule has 0 aromatic rings. The lowest BCUT2D eigenvalue weighted by molar-refractivity contribution is -0.122. The maximum absolute atomic E-state index is 12.0. The molecule has 0 aromatic heterocycles. The van der Waals surface area contributed by atoms with Gasteiger partial charge in [-0.15, -0.1) is 6.58 Å². The summed E-state index contributed by atoms with van der Waals surface area (Å²) in [5, 5.41) is 6.05. The molecule has 1 aliphatic heterocycles. The summed E-state index contributed by atoms with van der Waals surface area (Å²) in [5.74, 6) is -0.600. The molecule has 1 aliphatic carbocycles. The Hall–Kier alpha value is -1.96. The topological polar surface area (TPSA) is 94.6 Å². The van der Waals surface area contributed by atoms with E-state index in [0.717, 1.165) is 25.7 Å². The molecule has 2 aliphatic rings. The third-order valence-electron chi connectivity index (χ3n) is 3.68. The van der Waals surface area contributed by atoms with Crippen LogP contribution in [0.2, 0.25) is 0 Å². The van der Waals surface area contributed by atoms with Crippen LogP contribution in [0.15, 0.2) is 17.6 Å². The second-order valence-corrected chi connectivity index (χ2v) is 5.76. The normalized spacial score (nSPS) is 23.5. The summed E-state index contributed by atoms with van der Waals surface area (Å²) in [4.78, 5) is 28.3. The summed E-state index contributed by atoms with van der Waals surface area (Å²) < 4.78 is 0. The van der Waals surface area contributed by atoms with Gasteiger partial charge in [-0.3, -0.25) is 25.4 Å². The Bertz CT molecular complexity index is 505. The number of rotatable bonds is 4. The van der Waals surface area contributed by atoms with Gasteiger partial charge in [-0.2, -0.15) is 0 Å². The molecular formula is C14H21N5O2S. The summed E-state index contributed by atoms with van der Waals surface area (Å²) in [5.41, 5.74) is 5.29. The average Bonchev–Trinajstić information content (AvgIpc) is 2.51. The van der Waals surface area contributed by atoms with Crippen molar-refractivity contribution in [1.82, 2.24) is 21.5 Å². The van der Waals surface area contributed by atoms with Crippen LogP contribution >= 0.6 is 12.2 Å². The first-order valence-corrected chi connectivity index (χ1v) is 7.82. The second kappa shape index (κ2) is 7.88. The molecule has 0 bridgehead atoms. The van der Waals surface area contributed by atoms with E-state index in [2.05, 4.69) is 33.1 Å². The molecule has 7 nitrogen and oxygen atoms in total. The molecule has 120 valence electrons. The molecule has 2 atom stereocenters. The van der Waals surface area contributed by atoms with Crippen molar-refractivity contribution in [3.8, 4) is 0 Å². The third kappa shape index (κ3) is 4.52. The van der Waals surface area contributed by atoms with Crippen LogP contribution in [0.5, 0.6) is 0 Å². The fraction of sp³-hybridized carbons (Fsp3) is 0.571. The Morgan fingerprint density at radius 2 is 2.18 bits per heavy atom. The number of hydrogen-bond acceptors (Lipinski definition) is 4. The highest BCUT2D eigenvalue weighted by molar-refractivity contribution is 7.80. The van der Waals surface area contributed by atoms with Gasteiger partial charge in [0.2, 0.25) is 5.91 Å². The Labute approximate surface area is 135 Å². The van der Waals surface area contributed by atoms with Crippen molar-refractivity contribution < 1.29 is 9.59 Å². The van der Waals surface area contributed by atoms with Gasteiger partial charge in [-0.25, -0.2) is 0 Å². The Morgan fingerprint density at radius 1 is 1.41 bits per heavy atom. The van der Waals surface area contributed by atoms with E-state index < -0.39 is 0 Å². The fourth-order valence-corrected chi connectivity index (χ4v) is 2.74. The molecule has 4 N–H and O–H groups in total. The first kappa shape index (κ1) is 16.4. The highest BCUT2D eigenvalue weighted by Crippen LogP contribution is 2.24. The number of carbonyl (C=O) groups is 2. The van der Waals surface area contributed by atoms with Crippen LogP contribution in [0, 0.1) is 0 Å². The van der Waals surface area contributed by atoms with E-state index in [0.29, 0.717) is 6.54 Å². The summed E-state index contributed by atoms with van der Waals surface area (Å²) in [6.07, 6.45) is 5.74. The van der Waals surface area contributed by atoms with Gasteiger partial charge in [0, 0.05) is 6.54 Å². The van der Waals surface area contributed by atoms with Crippen molar-refractivity contribution in [2.75, 3.05) is 6.54 Å². The lowest BCUT2D eigenvalue weighted by atomic mass is 9.89. The summed E-state index contributed by atoms with van der Waals surface area (Å²) in [6, 6.07) is 0.236. The molecule has 0 radical (unpaired) electrons. The number of hydrogen-bond donors (Lipinski definition) is 4. The van der Waals surface area contributed by atoms with Crippen LogP contribution < -0.4 is 21.5 Å². The molecule has 2 unspecified atom stereocenters. The third-order valence-corrected chi connectivity index (χ3v) is 3.93. The lowest BCUT2D eigenvalue weighted by Gasteiger charge is -2.33.